The molecule has 0 aliphatic carbocycles. The van der Waals surface area contributed by atoms with Gasteiger partial charge in [0.15, 0.2) is 24.6 Å². The van der Waals surface area contributed by atoms with Gasteiger partial charge in [-0.3, -0.25) is 14.4 Å². The van der Waals surface area contributed by atoms with Crippen molar-refractivity contribution >= 4 is 17.9 Å². The van der Waals surface area contributed by atoms with Gasteiger partial charge in [0.2, 0.25) is 0 Å². The molecule has 0 aromatic rings. The average Bonchev–Trinajstić information content (AvgIpc) is 2.81. The second-order valence-electron chi connectivity index (χ2n) is 7.72. The van der Waals surface area contributed by atoms with E-state index in [1.54, 1.807) is 0 Å². The lowest BCUT2D eigenvalue weighted by atomic mass is 9.97. The van der Waals surface area contributed by atoms with Gasteiger partial charge in [0.1, 0.15) is 24.2 Å². The largest absolute Gasteiger partial charge is 0.454 e. The molecule has 0 unspecified atom stereocenters. The van der Waals surface area contributed by atoms with E-state index in [2.05, 4.69) is 0 Å². The first-order valence-electron chi connectivity index (χ1n) is 10.9. The van der Waals surface area contributed by atoms with Crippen molar-refractivity contribution in [2.45, 2.75) is 68.1 Å². The van der Waals surface area contributed by atoms with E-state index < -0.39 is 73.3 Å². The van der Waals surface area contributed by atoms with Gasteiger partial charge in [-0.15, -0.1) is 0 Å². The number of nitrogens with two attached hydrogens (primary N) is 6. The quantitative estimate of drug-likeness (QED) is 0.0880. The van der Waals surface area contributed by atoms with Crippen molar-refractivity contribution in [3.63, 3.8) is 0 Å². The number of hydrogen-bond acceptors (Lipinski definition) is 15. The molecule has 1 heterocycles. The van der Waals surface area contributed by atoms with E-state index in [9.17, 15) is 19.5 Å². The number of aliphatic hydroxyl groups excluding tert-OH is 1. The summed E-state index contributed by atoms with van der Waals surface area (Å²) in [6.45, 7) is -0.343. The van der Waals surface area contributed by atoms with E-state index in [0.29, 0.717) is 0 Å². The summed E-state index contributed by atoms with van der Waals surface area (Å²) >= 11 is 0. The van der Waals surface area contributed by atoms with Crippen molar-refractivity contribution in [1.29, 1.82) is 0 Å². The Morgan fingerprint density at radius 1 is 0.765 bits per heavy atom. The Bertz CT molecular complexity index is 618. The third-order valence-electron chi connectivity index (χ3n) is 5.10. The van der Waals surface area contributed by atoms with Gasteiger partial charge in [0.05, 0.1) is 6.61 Å². The fourth-order valence-electron chi connectivity index (χ4n) is 3.17. The highest BCUT2D eigenvalue weighted by Crippen LogP contribution is 2.29. The van der Waals surface area contributed by atoms with Crippen LogP contribution in [0.15, 0.2) is 0 Å². The maximum absolute atomic E-state index is 12.6. The lowest BCUT2D eigenvalue weighted by molar-refractivity contribution is -0.303. The Morgan fingerprint density at radius 2 is 1.15 bits per heavy atom. The molecule has 34 heavy (non-hydrogen) atoms. The second-order valence-corrected chi connectivity index (χ2v) is 7.72. The molecule has 0 amide bonds. The van der Waals surface area contributed by atoms with Crippen LogP contribution in [0, 0.1) is 0 Å². The molecule has 15 nitrogen and oxygen atoms in total. The number of rotatable bonds is 14. The highest BCUT2D eigenvalue weighted by molar-refractivity contribution is 5.77. The minimum Gasteiger partial charge on any atom is -0.454 e. The Kier molecular flexibility index (Phi) is 13.4. The summed E-state index contributed by atoms with van der Waals surface area (Å²) in [5, 5.41) is 9.85. The van der Waals surface area contributed by atoms with E-state index in [1.807, 2.05) is 0 Å². The van der Waals surface area contributed by atoms with Crippen LogP contribution in [0.4, 0.5) is 0 Å². The molecular weight excluding hydrogens is 456 g/mol. The predicted octanol–water partition coefficient (Wildman–Crippen LogP) is -4.89. The number of hydrogen-bond donors (Lipinski definition) is 7. The third kappa shape index (κ3) is 8.37. The number of carbonyl (C=O) groups excluding carboxylic acids is 3. The number of carbonyl (C=O) groups is 3. The first-order chi connectivity index (χ1) is 16.1. The first kappa shape index (κ1) is 30.1. The van der Waals surface area contributed by atoms with Gasteiger partial charge in [-0.05, 0) is 38.9 Å². The van der Waals surface area contributed by atoms with Gasteiger partial charge in [-0.25, -0.2) is 0 Å². The Labute approximate surface area is 197 Å². The average molecular weight is 495 g/mol. The molecule has 1 aliphatic heterocycles. The highest BCUT2D eigenvalue weighted by atomic mass is 16.7. The zero-order chi connectivity index (χ0) is 25.8. The summed E-state index contributed by atoms with van der Waals surface area (Å²) in [4.78, 5) is 37.6. The summed E-state index contributed by atoms with van der Waals surface area (Å²) < 4.78 is 27.2. The predicted molar refractivity (Wildman–Crippen MR) is 117 cm³/mol. The SMILES string of the molecule is CO[C@H]1O[C@H](CO)[C@@H](OC(=O)[C@@H](N)CCN)[C@H](OC(=O)[C@@H](N)CCN)[C@H]1OC(=O)[C@@H](N)CCN. The van der Waals surface area contributed by atoms with Crippen LogP contribution >= 0.6 is 0 Å². The van der Waals surface area contributed by atoms with Crippen LogP contribution in [0.3, 0.4) is 0 Å². The molecule has 1 aliphatic rings. The summed E-state index contributed by atoms with van der Waals surface area (Å²) in [5.41, 5.74) is 33.7. The Balaban J connectivity index is 3.33. The summed E-state index contributed by atoms with van der Waals surface area (Å²) in [7, 11) is 1.24. The van der Waals surface area contributed by atoms with E-state index in [-0.39, 0.29) is 38.9 Å². The van der Waals surface area contributed by atoms with E-state index in [0.717, 1.165) is 0 Å². The molecule has 1 saturated heterocycles. The zero-order valence-electron chi connectivity index (χ0n) is 19.2. The number of ether oxygens (including phenoxy) is 5. The van der Waals surface area contributed by atoms with Crippen molar-refractivity contribution in [2.24, 2.45) is 34.4 Å². The minimum atomic E-state index is -1.49. The van der Waals surface area contributed by atoms with Crippen LogP contribution in [0.5, 0.6) is 0 Å². The summed E-state index contributed by atoms with van der Waals surface area (Å²) in [6.07, 6.45) is -6.60. The number of esters is 3. The van der Waals surface area contributed by atoms with Gasteiger partial charge < -0.3 is 63.2 Å². The fourth-order valence-corrected chi connectivity index (χ4v) is 3.17. The van der Waals surface area contributed by atoms with Crippen molar-refractivity contribution in [1.82, 2.24) is 0 Å². The maximum atomic E-state index is 12.6. The molecule has 13 N–H and O–H groups in total. The molecule has 0 bridgehead atoms. The lowest BCUT2D eigenvalue weighted by Gasteiger charge is -2.44. The maximum Gasteiger partial charge on any atom is 0.323 e. The molecule has 1 rings (SSSR count). The molecule has 0 aromatic heterocycles. The lowest BCUT2D eigenvalue weighted by Crippen LogP contribution is -2.64. The van der Waals surface area contributed by atoms with Gasteiger partial charge in [-0.2, -0.15) is 0 Å². The molecule has 198 valence electrons. The Hall–Kier alpha value is -1.95. The monoisotopic (exact) mass is 494 g/mol. The topological polar surface area (TPSA) is 274 Å². The van der Waals surface area contributed by atoms with Crippen LogP contribution in [-0.2, 0) is 38.1 Å². The number of methoxy groups -OCH3 is 1. The van der Waals surface area contributed by atoms with Gasteiger partial charge in [0.25, 0.3) is 0 Å². The van der Waals surface area contributed by atoms with Gasteiger partial charge in [0, 0.05) is 7.11 Å². The smallest absolute Gasteiger partial charge is 0.323 e. The molecule has 0 radical (unpaired) electrons. The first-order valence-corrected chi connectivity index (χ1v) is 10.9. The number of aliphatic hydroxyl groups is 1. The van der Waals surface area contributed by atoms with Crippen LogP contribution in [0.2, 0.25) is 0 Å². The standard InChI is InChI=1S/C19H38N6O9/c1-30-19-15(34-18(29)11(25)4-7-22)14(33-17(28)10(24)3-6-21)13(12(8-26)31-19)32-16(27)9(23)2-5-20/h9-15,19,26H,2-8,20-25H2,1H3/t9-,10-,11-,12+,13+,14-,15+,19-/m0/s1. The molecule has 0 spiro atoms. The molecule has 1 fully saturated rings. The van der Waals surface area contributed by atoms with Crippen molar-refractivity contribution in [3.8, 4) is 0 Å². The second kappa shape index (κ2) is 15.1. The molecular formula is C19H38N6O9. The minimum absolute atomic E-state index is 0.0941. The van der Waals surface area contributed by atoms with Gasteiger partial charge >= 0.3 is 17.9 Å². The van der Waals surface area contributed by atoms with Crippen molar-refractivity contribution in [2.75, 3.05) is 33.4 Å². The van der Waals surface area contributed by atoms with Crippen LogP contribution in [-0.4, -0.2) is 105 Å². The summed E-state index contributed by atoms with van der Waals surface area (Å²) in [5.74, 6) is -2.70. The van der Waals surface area contributed by atoms with Crippen LogP contribution in [0.1, 0.15) is 19.3 Å². The molecule has 0 saturated carbocycles. The fraction of sp³-hybridized carbons (Fsp3) is 0.842. The zero-order valence-corrected chi connectivity index (χ0v) is 19.2. The molecule has 15 heteroatoms. The van der Waals surface area contributed by atoms with E-state index >= 15 is 0 Å². The normalized spacial score (nSPS) is 27.4. The van der Waals surface area contributed by atoms with Gasteiger partial charge in [-0.1, -0.05) is 0 Å². The van der Waals surface area contributed by atoms with E-state index in [1.165, 1.54) is 7.11 Å². The highest BCUT2D eigenvalue weighted by Gasteiger charge is 2.53. The third-order valence-corrected chi connectivity index (χ3v) is 5.10. The van der Waals surface area contributed by atoms with E-state index in [4.69, 9.17) is 58.1 Å². The van der Waals surface area contributed by atoms with Crippen molar-refractivity contribution < 1.29 is 43.2 Å². The Morgan fingerprint density at radius 3 is 1.50 bits per heavy atom. The van der Waals surface area contributed by atoms with Crippen molar-refractivity contribution in [3.05, 3.63) is 0 Å². The van der Waals surface area contributed by atoms with Crippen LogP contribution in [0.25, 0.3) is 0 Å². The summed E-state index contributed by atoms with van der Waals surface area (Å²) in [6, 6.07) is -3.31. The van der Waals surface area contributed by atoms with Crippen LogP contribution < -0.4 is 34.4 Å². The molecule has 0 aromatic carbocycles. The molecule has 8 atom stereocenters.